The van der Waals surface area contributed by atoms with Crippen molar-refractivity contribution in [2.75, 3.05) is 13.1 Å². The summed E-state index contributed by atoms with van der Waals surface area (Å²) >= 11 is 0. The molecule has 2 aromatic heterocycles. The third kappa shape index (κ3) is 4.14. The first-order chi connectivity index (χ1) is 14.0. The van der Waals surface area contributed by atoms with Gasteiger partial charge >= 0.3 is 5.97 Å². The first kappa shape index (κ1) is 19.1. The number of nitrogens with zero attached hydrogens (tertiary/aromatic N) is 5. The highest BCUT2D eigenvalue weighted by Crippen LogP contribution is 2.28. The fourth-order valence-corrected chi connectivity index (χ4v) is 3.61. The van der Waals surface area contributed by atoms with E-state index in [4.69, 9.17) is 5.11 Å². The first-order valence-electron chi connectivity index (χ1n) is 9.28. The van der Waals surface area contributed by atoms with Crippen LogP contribution in [0, 0.1) is 17.6 Å². The van der Waals surface area contributed by atoms with Crippen molar-refractivity contribution in [1.29, 1.82) is 0 Å². The number of carboxylic acid groups (broad SMARTS) is 1. The highest BCUT2D eigenvalue weighted by Gasteiger charge is 2.26. The predicted molar refractivity (Wildman–Crippen MR) is 100 cm³/mol. The van der Waals surface area contributed by atoms with Crippen LogP contribution in [-0.2, 0) is 11.3 Å². The number of aromatic nitrogens is 4. The van der Waals surface area contributed by atoms with Crippen LogP contribution in [0.4, 0.5) is 8.78 Å². The van der Waals surface area contributed by atoms with E-state index in [0.29, 0.717) is 43.9 Å². The fourth-order valence-electron chi connectivity index (χ4n) is 3.61. The topological polar surface area (TPSA) is 84.1 Å². The van der Waals surface area contributed by atoms with Gasteiger partial charge in [0.05, 0.1) is 17.3 Å². The van der Waals surface area contributed by atoms with Gasteiger partial charge in [-0.15, -0.1) is 5.10 Å². The van der Waals surface area contributed by atoms with E-state index < -0.39 is 17.6 Å². The van der Waals surface area contributed by atoms with Crippen LogP contribution < -0.4 is 0 Å². The van der Waals surface area contributed by atoms with E-state index in [1.54, 1.807) is 24.5 Å². The van der Waals surface area contributed by atoms with Crippen molar-refractivity contribution in [2.45, 2.75) is 19.4 Å². The summed E-state index contributed by atoms with van der Waals surface area (Å²) in [6.45, 7) is 1.73. The second-order valence-electron chi connectivity index (χ2n) is 7.05. The Kier molecular flexibility index (Phi) is 5.30. The summed E-state index contributed by atoms with van der Waals surface area (Å²) < 4.78 is 28.9. The summed E-state index contributed by atoms with van der Waals surface area (Å²) in [5, 5.41) is 17.6. The maximum absolute atomic E-state index is 13.8. The van der Waals surface area contributed by atoms with Gasteiger partial charge in [0.15, 0.2) is 0 Å². The van der Waals surface area contributed by atoms with Crippen LogP contribution in [0.3, 0.4) is 0 Å². The summed E-state index contributed by atoms with van der Waals surface area (Å²) in [4.78, 5) is 17.3. The van der Waals surface area contributed by atoms with E-state index in [9.17, 15) is 13.6 Å². The molecule has 3 aromatic rings. The summed E-state index contributed by atoms with van der Waals surface area (Å²) in [5.41, 5.74) is 2.27. The van der Waals surface area contributed by atoms with Crippen LogP contribution in [0.15, 0.2) is 42.7 Å². The Hall–Kier alpha value is -3.20. The normalized spacial score (nSPS) is 15.5. The molecule has 1 fully saturated rings. The molecule has 1 aromatic carbocycles. The van der Waals surface area contributed by atoms with Crippen molar-refractivity contribution in [3.63, 3.8) is 0 Å². The van der Waals surface area contributed by atoms with Crippen LogP contribution in [0.2, 0.25) is 0 Å². The number of halogens is 2. The lowest BCUT2D eigenvalue weighted by molar-refractivity contribution is -0.143. The number of hydrogen-bond donors (Lipinski definition) is 1. The van der Waals surface area contributed by atoms with Gasteiger partial charge in [-0.3, -0.25) is 14.7 Å². The molecule has 0 aliphatic carbocycles. The highest BCUT2D eigenvalue weighted by molar-refractivity contribution is 5.70. The van der Waals surface area contributed by atoms with E-state index in [-0.39, 0.29) is 11.6 Å². The van der Waals surface area contributed by atoms with Gasteiger partial charge in [0.1, 0.15) is 17.3 Å². The Labute approximate surface area is 165 Å². The molecule has 1 aliphatic heterocycles. The van der Waals surface area contributed by atoms with E-state index in [0.717, 1.165) is 11.6 Å². The molecule has 1 N–H and O–H groups in total. The fraction of sp³-hybridized carbons (Fsp3) is 0.300. The number of rotatable bonds is 5. The third-order valence-electron chi connectivity index (χ3n) is 5.10. The minimum Gasteiger partial charge on any atom is -0.481 e. The summed E-state index contributed by atoms with van der Waals surface area (Å²) in [5.74, 6) is -2.49. The molecular weight excluding hydrogens is 380 g/mol. The first-order valence-corrected chi connectivity index (χ1v) is 9.28. The van der Waals surface area contributed by atoms with Crippen LogP contribution in [0.1, 0.15) is 18.5 Å². The van der Waals surface area contributed by atoms with Crippen LogP contribution >= 0.6 is 0 Å². The molecule has 4 rings (SSSR count). The second kappa shape index (κ2) is 8.04. The largest absolute Gasteiger partial charge is 0.481 e. The molecular formula is C20H19F2N5O2. The molecule has 0 unspecified atom stereocenters. The van der Waals surface area contributed by atoms with E-state index in [1.165, 1.54) is 16.8 Å². The monoisotopic (exact) mass is 399 g/mol. The van der Waals surface area contributed by atoms with Gasteiger partial charge in [0.2, 0.25) is 0 Å². The molecule has 9 heteroatoms. The molecule has 3 heterocycles. The van der Waals surface area contributed by atoms with E-state index >= 15 is 0 Å². The number of pyridine rings is 1. The zero-order valence-electron chi connectivity index (χ0n) is 15.5. The molecule has 1 saturated heterocycles. The molecule has 0 spiro atoms. The number of benzene rings is 1. The Morgan fingerprint density at radius 1 is 1.10 bits per heavy atom. The van der Waals surface area contributed by atoms with Crippen molar-refractivity contribution in [3.8, 4) is 16.9 Å². The lowest BCUT2D eigenvalue weighted by Crippen LogP contribution is -2.36. The average Bonchev–Trinajstić information content (AvgIpc) is 3.12. The van der Waals surface area contributed by atoms with Crippen molar-refractivity contribution < 1.29 is 18.7 Å². The summed E-state index contributed by atoms with van der Waals surface area (Å²) in [6, 6.07) is 6.77. The maximum Gasteiger partial charge on any atom is 0.306 e. The Balaban J connectivity index is 1.68. The molecule has 1 aliphatic rings. The Morgan fingerprint density at radius 3 is 2.38 bits per heavy atom. The van der Waals surface area contributed by atoms with Crippen molar-refractivity contribution in [3.05, 3.63) is 60.1 Å². The predicted octanol–water partition coefficient (Wildman–Crippen LogP) is 2.90. The molecule has 0 bridgehead atoms. The SMILES string of the molecule is O=C(O)C1CCN(Cc2nnn(-c3cc(F)cc(F)c3)c2-c2ccncc2)CC1. The van der Waals surface area contributed by atoms with Gasteiger partial charge in [-0.2, -0.15) is 0 Å². The number of piperidine rings is 1. The quantitative estimate of drug-likeness (QED) is 0.710. The minimum atomic E-state index is -0.763. The van der Waals surface area contributed by atoms with Crippen molar-refractivity contribution in [1.82, 2.24) is 24.9 Å². The minimum absolute atomic E-state index is 0.234. The lowest BCUT2D eigenvalue weighted by atomic mass is 9.97. The summed E-state index contributed by atoms with van der Waals surface area (Å²) in [6.07, 6.45) is 4.40. The zero-order valence-corrected chi connectivity index (χ0v) is 15.5. The summed E-state index contributed by atoms with van der Waals surface area (Å²) in [7, 11) is 0. The zero-order chi connectivity index (χ0) is 20.4. The lowest BCUT2D eigenvalue weighted by Gasteiger charge is -2.29. The third-order valence-corrected chi connectivity index (χ3v) is 5.10. The molecule has 0 atom stereocenters. The van der Waals surface area contributed by atoms with Gasteiger partial charge in [0.25, 0.3) is 0 Å². The highest BCUT2D eigenvalue weighted by atomic mass is 19.1. The van der Waals surface area contributed by atoms with Gasteiger partial charge in [-0.05, 0) is 50.2 Å². The Morgan fingerprint density at radius 2 is 1.76 bits per heavy atom. The van der Waals surface area contributed by atoms with Crippen LogP contribution in [0.25, 0.3) is 16.9 Å². The number of likely N-dealkylation sites (tertiary alicyclic amines) is 1. The van der Waals surface area contributed by atoms with Crippen LogP contribution in [-0.4, -0.2) is 49.0 Å². The molecule has 0 radical (unpaired) electrons. The standard InChI is InChI=1S/C20H19F2N5O2/c21-15-9-16(22)11-17(10-15)27-19(13-1-5-23-6-2-13)18(24-25-27)12-26-7-3-14(4-8-26)20(28)29/h1-2,5-6,9-11,14H,3-4,7-8,12H2,(H,28,29). The smallest absolute Gasteiger partial charge is 0.306 e. The molecule has 150 valence electrons. The molecule has 0 amide bonds. The van der Waals surface area contributed by atoms with Gasteiger partial charge in [0, 0.05) is 30.6 Å². The van der Waals surface area contributed by atoms with Crippen LogP contribution in [0.5, 0.6) is 0 Å². The van der Waals surface area contributed by atoms with Gasteiger partial charge < -0.3 is 5.11 Å². The second-order valence-corrected chi connectivity index (χ2v) is 7.05. The van der Waals surface area contributed by atoms with Crippen molar-refractivity contribution >= 4 is 5.97 Å². The number of carboxylic acids is 1. The molecule has 0 saturated carbocycles. The molecule has 7 nitrogen and oxygen atoms in total. The number of hydrogen-bond acceptors (Lipinski definition) is 5. The number of carbonyl (C=O) groups is 1. The van der Waals surface area contributed by atoms with Gasteiger partial charge in [-0.1, -0.05) is 5.21 Å². The average molecular weight is 399 g/mol. The Bertz CT molecular complexity index is 997. The number of aliphatic carboxylic acids is 1. The van der Waals surface area contributed by atoms with Gasteiger partial charge in [-0.25, -0.2) is 13.5 Å². The van der Waals surface area contributed by atoms with E-state index in [2.05, 4.69) is 20.2 Å². The molecule has 29 heavy (non-hydrogen) atoms. The maximum atomic E-state index is 13.8. The van der Waals surface area contributed by atoms with Crippen molar-refractivity contribution in [2.24, 2.45) is 5.92 Å². The van der Waals surface area contributed by atoms with E-state index in [1.807, 2.05) is 0 Å².